The molecule has 3 nitrogen and oxygen atoms in total. The van der Waals surface area contributed by atoms with Gasteiger partial charge in [-0.25, -0.2) is 0 Å². The molecule has 0 saturated carbocycles. The SMILES string of the molecule is CC(=O)c1ccc(C(=O)N2C[C@H]3C[C@H]2CS3)cc1. The van der Waals surface area contributed by atoms with Crippen LogP contribution in [0.2, 0.25) is 0 Å². The topological polar surface area (TPSA) is 37.4 Å². The van der Waals surface area contributed by atoms with Gasteiger partial charge in [-0.1, -0.05) is 12.1 Å². The molecule has 2 aliphatic rings. The molecule has 0 N–H and O–H groups in total. The van der Waals surface area contributed by atoms with Gasteiger partial charge in [0.15, 0.2) is 5.78 Å². The third kappa shape index (κ3) is 1.94. The van der Waals surface area contributed by atoms with Crippen molar-refractivity contribution in [3.8, 4) is 0 Å². The van der Waals surface area contributed by atoms with Crippen LogP contribution in [0.25, 0.3) is 0 Å². The van der Waals surface area contributed by atoms with Gasteiger partial charge in [-0.05, 0) is 25.5 Å². The molecule has 0 aromatic heterocycles. The van der Waals surface area contributed by atoms with Gasteiger partial charge in [0, 0.05) is 34.7 Å². The van der Waals surface area contributed by atoms with Gasteiger partial charge < -0.3 is 4.90 Å². The molecule has 2 fully saturated rings. The number of carbonyl (C=O) groups is 2. The van der Waals surface area contributed by atoms with Crippen molar-refractivity contribution in [3.63, 3.8) is 0 Å². The molecule has 0 unspecified atom stereocenters. The fourth-order valence-electron chi connectivity index (χ4n) is 2.66. The molecular weight excluding hydrogens is 246 g/mol. The van der Waals surface area contributed by atoms with E-state index in [9.17, 15) is 9.59 Å². The van der Waals surface area contributed by atoms with Gasteiger partial charge in [0.2, 0.25) is 0 Å². The molecule has 1 aromatic rings. The minimum absolute atomic E-state index is 0.0330. The molecule has 1 amide bonds. The lowest BCUT2D eigenvalue weighted by Crippen LogP contribution is -2.39. The van der Waals surface area contributed by atoms with Crippen LogP contribution in [0, 0.1) is 0 Å². The second-order valence-electron chi connectivity index (χ2n) is 4.94. The molecule has 2 aliphatic heterocycles. The number of Topliss-reactive ketones (excluding diaryl/α,β-unsaturated/α-hetero) is 1. The first-order valence-electron chi connectivity index (χ1n) is 6.19. The molecule has 4 heteroatoms. The summed E-state index contributed by atoms with van der Waals surface area (Å²) >= 11 is 1.98. The number of rotatable bonds is 2. The van der Waals surface area contributed by atoms with E-state index in [2.05, 4.69) is 0 Å². The van der Waals surface area contributed by atoms with Crippen molar-refractivity contribution in [2.24, 2.45) is 0 Å². The summed E-state index contributed by atoms with van der Waals surface area (Å²) in [5.74, 6) is 1.21. The molecule has 3 rings (SSSR count). The molecule has 0 spiro atoms. The second-order valence-corrected chi connectivity index (χ2v) is 6.27. The Kier molecular flexibility index (Phi) is 2.90. The molecule has 0 aliphatic carbocycles. The van der Waals surface area contributed by atoms with Gasteiger partial charge in [-0.3, -0.25) is 9.59 Å². The fraction of sp³-hybridized carbons (Fsp3) is 0.429. The van der Waals surface area contributed by atoms with Crippen molar-refractivity contribution in [2.75, 3.05) is 12.3 Å². The number of ketones is 1. The quantitative estimate of drug-likeness (QED) is 0.766. The zero-order chi connectivity index (χ0) is 12.7. The second kappa shape index (κ2) is 4.43. The van der Waals surface area contributed by atoms with Crippen molar-refractivity contribution in [1.29, 1.82) is 0 Å². The van der Waals surface area contributed by atoms with Crippen molar-refractivity contribution in [1.82, 2.24) is 4.90 Å². The van der Waals surface area contributed by atoms with Gasteiger partial charge in [0.1, 0.15) is 0 Å². The van der Waals surface area contributed by atoms with E-state index in [-0.39, 0.29) is 11.7 Å². The minimum Gasteiger partial charge on any atom is -0.334 e. The lowest BCUT2D eigenvalue weighted by molar-refractivity contribution is 0.0747. The third-order valence-corrected chi connectivity index (χ3v) is 5.09. The van der Waals surface area contributed by atoms with Crippen molar-refractivity contribution < 1.29 is 9.59 Å². The van der Waals surface area contributed by atoms with Crippen LogP contribution in [0.5, 0.6) is 0 Å². The Morgan fingerprint density at radius 1 is 1.22 bits per heavy atom. The van der Waals surface area contributed by atoms with E-state index in [1.54, 1.807) is 24.3 Å². The normalized spacial score (nSPS) is 25.5. The summed E-state index contributed by atoms with van der Waals surface area (Å²) in [7, 11) is 0. The highest BCUT2D eigenvalue weighted by molar-refractivity contribution is 8.00. The number of thioether (sulfide) groups is 1. The maximum Gasteiger partial charge on any atom is 0.254 e. The van der Waals surface area contributed by atoms with Gasteiger partial charge in [0.05, 0.1) is 0 Å². The van der Waals surface area contributed by atoms with E-state index < -0.39 is 0 Å². The highest BCUT2D eigenvalue weighted by Gasteiger charge is 2.41. The molecule has 1 aromatic carbocycles. The summed E-state index contributed by atoms with van der Waals surface area (Å²) in [6.07, 6.45) is 1.14. The monoisotopic (exact) mass is 261 g/mol. The molecule has 2 saturated heterocycles. The van der Waals surface area contributed by atoms with Crippen LogP contribution in [-0.4, -0.2) is 40.2 Å². The molecule has 2 bridgehead atoms. The van der Waals surface area contributed by atoms with E-state index in [0.29, 0.717) is 22.4 Å². The fourth-order valence-corrected chi connectivity index (χ4v) is 4.10. The number of hydrogen-bond donors (Lipinski definition) is 0. The summed E-state index contributed by atoms with van der Waals surface area (Å²) in [5.41, 5.74) is 1.35. The highest BCUT2D eigenvalue weighted by atomic mass is 32.2. The van der Waals surface area contributed by atoms with Crippen LogP contribution in [0.3, 0.4) is 0 Å². The van der Waals surface area contributed by atoms with E-state index in [1.807, 2.05) is 16.7 Å². The number of fused-ring (bicyclic) bond motifs is 2. The zero-order valence-electron chi connectivity index (χ0n) is 10.3. The van der Waals surface area contributed by atoms with E-state index in [1.165, 1.54) is 6.92 Å². The Balaban J connectivity index is 1.78. The maximum atomic E-state index is 12.3. The third-order valence-electron chi connectivity index (χ3n) is 3.70. The van der Waals surface area contributed by atoms with Crippen LogP contribution in [0.1, 0.15) is 34.1 Å². The number of likely N-dealkylation sites (tertiary alicyclic amines) is 1. The number of carbonyl (C=O) groups excluding carboxylic acids is 2. The summed E-state index contributed by atoms with van der Waals surface area (Å²) in [4.78, 5) is 25.5. The Morgan fingerprint density at radius 3 is 2.39 bits per heavy atom. The van der Waals surface area contributed by atoms with Crippen LogP contribution in [-0.2, 0) is 0 Å². The van der Waals surface area contributed by atoms with Crippen molar-refractivity contribution in [3.05, 3.63) is 35.4 Å². The van der Waals surface area contributed by atoms with Crippen LogP contribution in [0.15, 0.2) is 24.3 Å². The first kappa shape index (κ1) is 11.8. The lowest BCUT2D eigenvalue weighted by atomic mass is 10.1. The van der Waals surface area contributed by atoms with E-state index in [4.69, 9.17) is 0 Å². The zero-order valence-corrected chi connectivity index (χ0v) is 11.1. The summed E-state index contributed by atoms with van der Waals surface area (Å²) in [6.45, 7) is 2.41. The maximum absolute atomic E-state index is 12.3. The highest BCUT2D eigenvalue weighted by Crippen LogP contribution is 2.38. The van der Waals surface area contributed by atoms with Gasteiger partial charge >= 0.3 is 0 Å². The number of amides is 1. The van der Waals surface area contributed by atoms with Crippen molar-refractivity contribution >= 4 is 23.5 Å². The minimum atomic E-state index is 0.0330. The average molecular weight is 261 g/mol. The Morgan fingerprint density at radius 2 is 1.89 bits per heavy atom. The Bertz CT molecular complexity index is 497. The predicted octanol–water partition coefficient (Wildman–Crippen LogP) is 2.22. The molecule has 18 heavy (non-hydrogen) atoms. The molecular formula is C14H15NO2S. The molecule has 2 atom stereocenters. The molecule has 94 valence electrons. The summed E-state index contributed by atoms with van der Waals surface area (Å²) in [6, 6.07) is 7.41. The first-order valence-corrected chi connectivity index (χ1v) is 7.23. The lowest BCUT2D eigenvalue weighted by Gasteiger charge is -2.26. The van der Waals surface area contributed by atoms with Gasteiger partial charge in [0.25, 0.3) is 5.91 Å². The smallest absolute Gasteiger partial charge is 0.254 e. The van der Waals surface area contributed by atoms with Crippen molar-refractivity contribution in [2.45, 2.75) is 24.6 Å². The summed E-state index contributed by atoms with van der Waals surface area (Å²) < 4.78 is 0. The van der Waals surface area contributed by atoms with E-state index >= 15 is 0 Å². The van der Waals surface area contributed by atoms with Crippen LogP contribution in [0.4, 0.5) is 0 Å². The Labute approximate surface area is 111 Å². The first-order chi connectivity index (χ1) is 8.65. The number of hydrogen-bond acceptors (Lipinski definition) is 3. The predicted molar refractivity (Wildman–Crippen MR) is 72.1 cm³/mol. The van der Waals surface area contributed by atoms with Crippen LogP contribution < -0.4 is 0 Å². The number of benzene rings is 1. The van der Waals surface area contributed by atoms with Gasteiger partial charge in [-0.15, -0.1) is 0 Å². The molecule has 2 heterocycles. The number of nitrogens with zero attached hydrogens (tertiary/aromatic N) is 1. The Hall–Kier alpha value is -1.29. The van der Waals surface area contributed by atoms with E-state index in [0.717, 1.165) is 18.7 Å². The van der Waals surface area contributed by atoms with Crippen LogP contribution >= 0.6 is 11.8 Å². The largest absolute Gasteiger partial charge is 0.334 e. The molecule has 0 radical (unpaired) electrons. The van der Waals surface area contributed by atoms with Gasteiger partial charge in [-0.2, -0.15) is 11.8 Å². The summed E-state index contributed by atoms with van der Waals surface area (Å²) in [5, 5.41) is 0.635. The average Bonchev–Trinajstić information content (AvgIpc) is 3.00. The standard InChI is InChI=1S/C14H15NO2S/c1-9(16)10-2-4-11(5-3-10)14(17)15-7-13-6-12(15)8-18-13/h2-5,12-13H,6-8H2,1H3/t12-,13+/m0/s1.